The van der Waals surface area contributed by atoms with Crippen molar-refractivity contribution in [2.24, 2.45) is 5.92 Å². The Morgan fingerprint density at radius 1 is 1.57 bits per heavy atom. The van der Waals surface area contributed by atoms with Gasteiger partial charge in [0.15, 0.2) is 0 Å². The first-order valence-corrected chi connectivity index (χ1v) is 2.75. The van der Waals surface area contributed by atoms with Gasteiger partial charge < -0.3 is 5.32 Å². The molecule has 1 saturated carbocycles. The van der Waals surface area contributed by atoms with Gasteiger partial charge in [0.2, 0.25) is 0 Å². The van der Waals surface area contributed by atoms with Gasteiger partial charge in [0, 0.05) is 18.5 Å². The lowest BCUT2D eigenvalue weighted by molar-refractivity contribution is 0.141. The van der Waals surface area contributed by atoms with E-state index >= 15 is 0 Å². The van der Waals surface area contributed by atoms with E-state index in [1.165, 1.54) is 0 Å². The van der Waals surface area contributed by atoms with E-state index < -0.39 is 6.17 Å². The summed E-state index contributed by atoms with van der Waals surface area (Å²) in [6, 6.07) is 0.241. The van der Waals surface area contributed by atoms with Crippen LogP contribution in [0.2, 0.25) is 0 Å². The van der Waals surface area contributed by atoms with Crippen molar-refractivity contribution in [3.05, 3.63) is 0 Å². The molecule has 0 radical (unpaired) electrons. The molecule has 2 saturated heterocycles. The lowest BCUT2D eigenvalue weighted by atomic mass is 9.84. The Morgan fingerprint density at radius 2 is 2.43 bits per heavy atom. The van der Waals surface area contributed by atoms with Gasteiger partial charge in [-0.25, -0.2) is 4.39 Å². The molecule has 0 aromatic heterocycles. The van der Waals surface area contributed by atoms with Crippen molar-refractivity contribution < 1.29 is 4.39 Å². The molecule has 40 valence electrons. The maximum Gasteiger partial charge on any atom is 0.119 e. The normalized spacial score (nSPS) is 57.0. The first-order chi connectivity index (χ1) is 3.38. The highest BCUT2D eigenvalue weighted by Crippen LogP contribution is 2.35. The molecule has 2 heterocycles. The first-order valence-electron chi connectivity index (χ1n) is 2.75. The Kier molecular flexibility index (Phi) is 0.546. The zero-order valence-electron chi connectivity index (χ0n) is 4.02. The number of rotatable bonds is 0. The topological polar surface area (TPSA) is 12.0 Å². The van der Waals surface area contributed by atoms with Crippen molar-refractivity contribution >= 4 is 0 Å². The van der Waals surface area contributed by atoms with Gasteiger partial charge in [-0.1, -0.05) is 0 Å². The Labute approximate surface area is 41.9 Å². The Balaban J connectivity index is 2.14. The summed E-state index contributed by atoms with van der Waals surface area (Å²) in [6.07, 6.45) is 0.584. The van der Waals surface area contributed by atoms with Gasteiger partial charge in [-0.3, -0.25) is 0 Å². The molecule has 3 atom stereocenters. The zero-order chi connectivity index (χ0) is 4.85. The van der Waals surface area contributed by atoms with Crippen LogP contribution in [0.15, 0.2) is 0 Å². The van der Waals surface area contributed by atoms with E-state index in [1.807, 2.05) is 0 Å². The van der Waals surface area contributed by atoms with E-state index in [0.29, 0.717) is 5.92 Å². The minimum absolute atomic E-state index is 0.241. The fourth-order valence-corrected chi connectivity index (χ4v) is 1.41. The summed E-state index contributed by atoms with van der Waals surface area (Å²) in [5.41, 5.74) is 0. The van der Waals surface area contributed by atoms with Crippen molar-refractivity contribution in [2.45, 2.75) is 18.6 Å². The molecule has 3 fully saturated rings. The predicted molar refractivity (Wildman–Crippen MR) is 24.8 cm³/mol. The number of halogens is 1. The highest BCUT2D eigenvalue weighted by atomic mass is 19.1. The van der Waals surface area contributed by atoms with Crippen LogP contribution in [0.3, 0.4) is 0 Å². The molecule has 3 rings (SSSR count). The summed E-state index contributed by atoms with van der Waals surface area (Å²) in [7, 11) is 0. The monoisotopic (exact) mass is 101 g/mol. The maximum atomic E-state index is 12.3. The van der Waals surface area contributed by atoms with Crippen molar-refractivity contribution in [2.75, 3.05) is 6.54 Å². The van der Waals surface area contributed by atoms with Crippen molar-refractivity contribution in [3.8, 4) is 0 Å². The van der Waals surface area contributed by atoms with Crippen LogP contribution in [0.5, 0.6) is 0 Å². The van der Waals surface area contributed by atoms with Gasteiger partial charge in [0.05, 0.1) is 0 Å². The van der Waals surface area contributed by atoms with Crippen LogP contribution < -0.4 is 5.32 Å². The third-order valence-corrected chi connectivity index (χ3v) is 2.03. The Hall–Kier alpha value is -0.110. The number of fused-ring (bicyclic) bond motifs is 1. The number of hydrogen-bond acceptors (Lipinski definition) is 1. The molecule has 1 nitrogen and oxygen atoms in total. The van der Waals surface area contributed by atoms with E-state index in [4.69, 9.17) is 0 Å². The van der Waals surface area contributed by atoms with Crippen LogP contribution >= 0.6 is 0 Å². The second kappa shape index (κ2) is 0.996. The van der Waals surface area contributed by atoms with Crippen LogP contribution in [-0.4, -0.2) is 18.8 Å². The largest absolute Gasteiger partial charge is 0.311 e. The quantitative estimate of drug-likeness (QED) is 0.463. The Bertz CT molecular complexity index is 80.1. The lowest BCUT2D eigenvalue weighted by Gasteiger charge is -2.26. The molecular formula is C5H8FN. The summed E-state index contributed by atoms with van der Waals surface area (Å²) in [5, 5.41) is 3.07. The predicted octanol–water partition coefficient (Wildman–Crippen LogP) is 0.316. The van der Waals surface area contributed by atoms with Crippen LogP contribution in [0.25, 0.3) is 0 Å². The fraction of sp³-hybridized carbons (Fsp3) is 1.00. The molecular weight excluding hydrogens is 93.1 g/mol. The molecule has 1 N–H and O–H groups in total. The molecule has 0 aromatic carbocycles. The van der Waals surface area contributed by atoms with E-state index in [9.17, 15) is 4.39 Å². The van der Waals surface area contributed by atoms with Crippen LogP contribution in [0, 0.1) is 5.92 Å². The highest BCUT2D eigenvalue weighted by molar-refractivity contribution is 5.02. The molecule has 2 bridgehead atoms. The molecule has 7 heavy (non-hydrogen) atoms. The zero-order valence-corrected chi connectivity index (χ0v) is 4.02. The van der Waals surface area contributed by atoms with Crippen LogP contribution in [-0.2, 0) is 0 Å². The lowest BCUT2D eigenvalue weighted by Crippen LogP contribution is -2.38. The number of alkyl halides is 1. The van der Waals surface area contributed by atoms with Gasteiger partial charge in [-0.15, -0.1) is 0 Å². The maximum absolute atomic E-state index is 12.3. The summed E-state index contributed by atoms with van der Waals surface area (Å²) in [6.45, 7) is 0.922. The molecule has 0 aromatic rings. The minimum atomic E-state index is -0.500. The fourth-order valence-electron chi connectivity index (χ4n) is 1.41. The molecule has 0 unspecified atom stereocenters. The van der Waals surface area contributed by atoms with Gasteiger partial charge in [-0.05, 0) is 6.42 Å². The van der Waals surface area contributed by atoms with Gasteiger partial charge >= 0.3 is 0 Å². The molecule has 2 aliphatic heterocycles. The van der Waals surface area contributed by atoms with Gasteiger partial charge in [0.1, 0.15) is 6.17 Å². The summed E-state index contributed by atoms with van der Waals surface area (Å²) in [5.74, 6) is 0.380. The Morgan fingerprint density at radius 3 is 2.57 bits per heavy atom. The van der Waals surface area contributed by atoms with Crippen molar-refractivity contribution in [1.29, 1.82) is 0 Å². The third-order valence-electron chi connectivity index (χ3n) is 2.03. The second-order valence-corrected chi connectivity index (χ2v) is 2.45. The highest BCUT2D eigenvalue weighted by Gasteiger charge is 2.46. The number of hydrogen-bond donors (Lipinski definition) is 1. The van der Waals surface area contributed by atoms with Crippen LogP contribution in [0.4, 0.5) is 4.39 Å². The van der Waals surface area contributed by atoms with Crippen LogP contribution in [0.1, 0.15) is 6.42 Å². The summed E-state index contributed by atoms with van der Waals surface area (Å²) >= 11 is 0. The first kappa shape index (κ1) is 3.84. The van der Waals surface area contributed by atoms with E-state index in [1.54, 1.807) is 0 Å². The SMILES string of the molecule is F[C@H]1[C@@H]2CN[C@@H]1C2. The third kappa shape index (κ3) is 0.312. The van der Waals surface area contributed by atoms with Crippen molar-refractivity contribution in [1.82, 2.24) is 5.32 Å². The van der Waals surface area contributed by atoms with E-state index in [0.717, 1.165) is 13.0 Å². The molecule has 1 aliphatic carbocycles. The average molecular weight is 101 g/mol. The smallest absolute Gasteiger partial charge is 0.119 e. The van der Waals surface area contributed by atoms with Crippen molar-refractivity contribution in [3.63, 3.8) is 0 Å². The van der Waals surface area contributed by atoms with E-state index in [2.05, 4.69) is 5.32 Å². The molecule has 0 amide bonds. The van der Waals surface area contributed by atoms with E-state index in [-0.39, 0.29) is 6.04 Å². The standard InChI is InChI=1S/C5H8FN/c6-5-3-1-4(5)7-2-3/h3-5,7H,1-2H2/t3-,4+,5-/m0/s1. The molecule has 3 aliphatic rings. The summed E-state index contributed by atoms with van der Waals surface area (Å²) in [4.78, 5) is 0. The van der Waals surface area contributed by atoms with Gasteiger partial charge in [-0.2, -0.15) is 0 Å². The second-order valence-electron chi connectivity index (χ2n) is 2.45. The molecule has 0 spiro atoms. The minimum Gasteiger partial charge on any atom is -0.311 e. The molecule has 2 heteroatoms. The number of nitrogens with one attached hydrogen (secondary N) is 1. The summed E-state index contributed by atoms with van der Waals surface area (Å²) < 4.78 is 12.3. The van der Waals surface area contributed by atoms with Gasteiger partial charge in [0.25, 0.3) is 0 Å². The average Bonchev–Trinajstić information content (AvgIpc) is 2.18.